The second kappa shape index (κ2) is 8.08. The standard InChI is InChI=1S/C23H24N6O3/c1-15-7-8-17(16(2)13-15)24-20(30)14-28-23(31)29-19-6-4-3-5-18(19)25-21(22(29)26-28)27-9-11-32-12-10-27/h3-8,13H,9-12,14H2,1-2H3,(H,24,30). The van der Waals surface area contributed by atoms with Gasteiger partial charge in [-0.1, -0.05) is 29.8 Å². The van der Waals surface area contributed by atoms with Gasteiger partial charge in [0.15, 0.2) is 5.82 Å². The SMILES string of the molecule is Cc1ccc(NC(=O)Cn2nc3c(N4CCOCC4)nc4ccccc4n3c2=O)c(C)c1. The highest BCUT2D eigenvalue weighted by Gasteiger charge is 2.22. The number of nitrogens with one attached hydrogen (secondary N) is 1. The summed E-state index contributed by atoms with van der Waals surface area (Å²) >= 11 is 0. The number of nitrogens with zero attached hydrogens (tertiary/aromatic N) is 5. The smallest absolute Gasteiger partial charge is 0.351 e. The lowest BCUT2D eigenvalue weighted by Gasteiger charge is -2.27. The van der Waals surface area contributed by atoms with Crippen molar-refractivity contribution in [2.24, 2.45) is 0 Å². The number of carbonyl (C=O) groups excluding carboxylic acids is 1. The summed E-state index contributed by atoms with van der Waals surface area (Å²) in [4.78, 5) is 32.9. The van der Waals surface area contributed by atoms with E-state index in [1.165, 1.54) is 9.08 Å². The van der Waals surface area contributed by atoms with Gasteiger partial charge in [0.1, 0.15) is 6.54 Å². The highest BCUT2D eigenvalue weighted by molar-refractivity contribution is 5.91. The van der Waals surface area contributed by atoms with Crippen LogP contribution in [0.2, 0.25) is 0 Å². The first kappa shape index (κ1) is 20.2. The van der Waals surface area contributed by atoms with Gasteiger partial charge in [0.05, 0.1) is 24.2 Å². The molecule has 9 nitrogen and oxygen atoms in total. The van der Waals surface area contributed by atoms with Gasteiger partial charge in [-0.3, -0.25) is 4.79 Å². The third kappa shape index (κ3) is 3.60. The third-order valence-electron chi connectivity index (χ3n) is 5.65. The van der Waals surface area contributed by atoms with Crippen molar-refractivity contribution in [1.29, 1.82) is 0 Å². The minimum atomic E-state index is -0.371. The number of morpholine rings is 1. The Hall–Kier alpha value is -3.72. The molecular formula is C23H24N6O3. The zero-order valence-electron chi connectivity index (χ0n) is 18.0. The van der Waals surface area contributed by atoms with E-state index in [0.29, 0.717) is 48.8 Å². The van der Waals surface area contributed by atoms with E-state index in [1.807, 2.05) is 56.3 Å². The summed E-state index contributed by atoms with van der Waals surface area (Å²) in [6, 6.07) is 13.2. The lowest BCUT2D eigenvalue weighted by Crippen LogP contribution is -2.37. The van der Waals surface area contributed by atoms with Gasteiger partial charge in [-0.05, 0) is 37.6 Å². The molecule has 2 aromatic carbocycles. The summed E-state index contributed by atoms with van der Waals surface area (Å²) in [6.45, 7) is 6.24. The molecule has 1 aliphatic rings. The number of fused-ring (bicyclic) bond motifs is 3. The van der Waals surface area contributed by atoms with Crippen LogP contribution in [0.4, 0.5) is 11.5 Å². The first-order chi connectivity index (χ1) is 15.5. The molecule has 1 fully saturated rings. The predicted molar refractivity (Wildman–Crippen MR) is 122 cm³/mol. The zero-order chi connectivity index (χ0) is 22.2. The Morgan fingerprint density at radius 2 is 1.91 bits per heavy atom. The molecule has 0 saturated carbocycles. The molecule has 3 heterocycles. The monoisotopic (exact) mass is 432 g/mol. The fraction of sp³-hybridized carbons (Fsp3) is 0.304. The average molecular weight is 432 g/mol. The van der Waals surface area contributed by atoms with Gasteiger partial charge >= 0.3 is 5.69 Å². The van der Waals surface area contributed by atoms with Gasteiger partial charge in [0.25, 0.3) is 0 Å². The van der Waals surface area contributed by atoms with Crippen molar-refractivity contribution in [1.82, 2.24) is 19.2 Å². The molecular weight excluding hydrogens is 408 g/mol. The molecule has 9 heteroatoms. The van der Waals surface area contributed by atoms with Crippen LogP contribution in [-0.2, 0) is 16.1 Å². The Balaban J connectivity index is 1.55. The number of para-hydroxylation sites is 2. The first-order valence-electron chi connectivity index (χ1n) is 10.6. The molecule has 0 spiro atoms. The van der Waals surface area contributed by atoms with Crippen LogP contribution < -0.4 is 15.9 Å². The number of anilines is 2. The van der Waals surface area contributed by atoms with E-state index in [-0.39, 0.29) is 18.1 Å². The first-order valence-corrected chi connectivity index (χ1v) is 10.6. The summed E-state index contributed by atoms with van der Waals surface area (Å²) < 4.78 is 8.20. The molecule has 32 heavy (non-hydrogen) atoms. The lowest BCUT2D eigenvalue weighted by atomic mass is 10.1. The second-order valence-corrected chi connectivity index (χ2v) is 7.99. The van der Waals surface area contributed by atoms with E-state index < -0.39 is 0 Å². The second-order valence-electron chi connectivity index (χ2n) is 7.99. The van der Waals surface area contributed by atoms with Crippen LogP contribution in [0, 0.1) is 13.8 Å². The zero-order valence-corrected chi connectivity index (χ0v) is 18.0. The van der Waals surface area contributed by atoms with Crippen LogP contribution in [0.3, 0.4) is 0 Å². The molecule has 164 valence electrons. The summed E-state index contributed by atoms with van der Waals surface area (Å²) in [5, 5.41) is 7.40. The van der Waals surface area contributed by atoms with E-state index >= 15 is 0 Å². The van der Waals surface area contributed by atoms with Crippen LogP contribution in [0.5, 0.6) is 0 Å². The molecule has 1 aliphatic heterocycles. The number of ether oxygens (including phenoxy) is 1. The largest absolute Gasteiger partial charge is 0.378 e. The van der Waals surface area contributed by atoms with Crippen molar-refractivity contribution in [3.05, 3.63) is 64.1 Å². The van der Waals surface area contributed by atoms with Gasteiger partial charge in [0.2, 0.25) is 11.6 Å². The number of carbonyl (C=O) groups is 1. The summed E-state index contributed by atoms with van der Waals surface area (Å²) in [5.74, 6) is 0.310. The van der Waals surface area contributed by atoms with Crippen molar-refractivity contribution in [3.63, 3.8) is 0 Å². The van der Waals surface area contributed by atoms with E-state index in [0.717, 1.165) is 16.8 Å². The molecule has 0 radical (unpaired) electrons. The van der Waals surface area contributed by atoms with Crippen molar-refractivity contribution < 1.29 is 9.53 Å². The fourth-order valence-electron chi connectivity index (χ4n) is 4.05. The highest BCUT2D eigenvalue weighted by atomic mass is 16.5. The van der Waals surface area contributed by atoms with Gasteiger partial charge < -0.3 is 15.0 Å². The Labute approximate surface area is 184 Å². The molecule has 0 atom stereocenters. The van der Waals surface area contributed by atoms with E-state index in [9.17, 15) is 9.59 Å². The topological polar surface area (TPSA) is 93.8 Å². The minimum absolute atomic E-state index is 0.190. The van der Waals surface area contributed by atoms with Crippen LogP contribution in [0.1, 0.15) is 11.1 Å². The molecule has 1 N–H and O–H groups in total. The van der Waals surface area contributed by atoms with Crippen molar-refractivity contribution in [3.8, 4) is 0 Å². The highest BCUT2D eigenvalue weighted by Crippen LogP contribution is 2.23. The maximum Gasteiger partial charge on any atom is 0.351 e. The molecule has 4 aromatic rings. The molecule has 5 rings (SSSR count). The summed E-state index contributed by atoms with van der Waals surface area (Å²) in [7, 11) is 0. The number of hydrogen-bond donors (Lipinski definition) is 1. The number of amides is 1. The summed E-state index contributed by atoms with van der Waals surface area (Å²) in [5.41, 5.74) is 4.23. The number of aromatic nitrogens is 4. The van der Waals surface area contributed by atoms with Gasteiger partial charge in [0, 0.05) is 18.8 Å². The normalized spacial score (nSPS) is 14.2. The Kier molecular flexibility index (Phi) is 5.10. The van der Waals surface area contributed by atoms with E-state index in [1.54, 1.807) is 0 Å². The maximum absolute atomic E-state index is 13.3. The fourth-order valence-corrected chi connectivity index (χ4v) is 4.05. The molecule has 1 amide bonds. The van der Waals surface area contributed by atoms with Crippen molar-refractivity contribution >= 4 is 34.1 Å². The van der Waals surface area contributed by atoms with Crippen molar-refractivity contribution in [2.75, 3.05) is 36.5 Å². The Bertz CT molecular complexity index is 1380. The molecule has 0 aliphatic carbocycles. The van der Waals surface area contributed by atoms with E-state index in [4.69, 9.17) is 9.72 Å². The predicted octanol–water partition coefficient (Wildman–Crippen LogP) is 2.14. The third-order valence-corrected chi connectivity index (χ3v) is 5.65. The van der Waals surface area contributed by atoms with Gasteiger partial charge in [-0.25, -0.2) is 18.9 Å². The van der Waals surface area contributed by atoms with Crippen LogP contribution in [0.25, 0.3) is 16.7 Å². The quantitative estimate of drug-likeness (QED) is 0.531. The molecule has 2 aromatic heterocycles. The minimum Gasteiger partial charge on any atom is -0.378 e. The summed E-state index contributed by atoms with van der Waals surface area (Å²) in [6.07, 6.45) is 0. The number of benzene rings is 2. The van der Waals surface area contributed by atoms with Crippen molar-refractivity contribution in [2.45, 2.75) is 20.4 Å². The number of aryl methyl sites for hydroxylation is 2. The average Bonchev–Trinajstić information content (AvgIpc) is 3.12. The number of rotatable bonds is 4. The van der Waals surface area contributed by atoms with Crippen LogP contribution in [-0.4, -0.2) is 51.4 Å². The number of hydrogen-bond acceptors (Lipinski definition) is 6. The Morgan fingerprint density at radius 1 is 1.12 bits per heavy atom. The van der Waals surface area contributed by atoms with Gasteiger partial charge in [-0.2, -0.15) is 0 Å². The van der Waals surface area contributed by atoms with Gasteiger partial charge in [-0.15, -0.1) is 5.10 Å². The van der Waals surface area contributed by atoms with Crippen LogP contribution >= 0.6 is 0 Å². The molecule has 1 saturated heterocycles. The van der Waals surface area contributed by atoms with E-state index in [2.05, 4.69) is 15.3 Å². The molecule has 0 unspecified atom stereocenters. The molecule has 0 bridgehead atoms. The Morgan fingerprint density at radius 3 is 2.69 bits per heavy atom. The lowest BCUT2D eigenvalue weighted by molar-refractivity contribution is -0.117. The maximum atomic E-state index is 13.3. The van der Waals surface area contributed by atoms with Crippen LogP contribution in [0.15, 0.2) is 47.3 Å².